The summed E-state index contributed by atoms with van der Waals surface area (Å²) in [6.07, 6.45) is -0.244. The van der Waals surface area contributed by atoms with Gasteiger partial charge in [0.05, 0.1) is 26.5 Å². The van der Waals surface area contributed by atoms with Gasteiger partial charge in [-0.1, -0.05) is 17.7 Å². The third kappa shape index (κ3) is 4.28. The Kier molecular flexibility index (Phi) is 5.62. The first-order valence-electron chi connectivity index (χ1n) is 8.53. The highest BCUT2D eigenvalue weighted by atomic mass is 35.5. The molecule has 2 aromatic carbocycles. The fourth-order valence-corrected chi connectivity index (χ4v) is 4.42. The number of amides is 2. The molecule has 7 nitrogen and oxygen atoms in total. The first kappa shape index (κ1) is 20.2. The average Bonchev–Trinajstić information content (AvgIpc) is 2.63. The summed E-state index contributed by atoms with van der Waals surface area (Å²) in [6.45, 7) is 3.22. The van der Waals surface area contributed by atoms with E-state index in [4.69, 9.17) is 16.3 Å². The second kappa shape index (κ2) is 7.81. The Bertz CT molecular complexity index is 1050. The highest BCUT2D eigenvalue weighted by Gasteiger charge is 2.28. The van der Waals surface area contributed by atoms with Crippen LogP contribution in [0.5, 0.6) is 5.75 Å². The van der Waals surface area contributed by atoms with Crippen LogP contribution in [0.15, 0.2) is 41.3 Å². The van der Waals surface area contributed by atoms with Gasteiger partial charge in [-0.2, -0.15) is 0 Å². The van der Waals surface area contributed by atoms with Crippen LogP contribution in [0.1, 0.15) is 18.9 Å². The third-order valence-corrected chi connectivity index (χ3v) is 6.76. The Morgan fingerprint density at radius 3 is 2.75 bits per heavy atom. The van der Waals surface area contributed by atoms with Crippen LogP contribution in [-0.4, -0.2) is 32.1 Å². The van der Waals surface area contributed by atoms with Crippen molar-refractivity contribution in [2.75, 3.05) is 17.2 Å². The predicted molar refractivity (Wildman–Crippen MR) is 107 cm³/mol. The molecule has 1 atom stereocenters. The van der Waals surface area contributed by atoms with Crippen molar-refractivity contribution >= 4 is 44.6 Å². The standard InChI is InChI=1S/C19H19ClN2O5S/c1-11-3-5-15(14(20)7-11)21-18(23)8-12(2)28(25,26)13-4-6-17-16(9-13)22-19(24)10-27-17/h3-7,9,12H,8,10H2,1-2H3,(H,21,23)(H,22,24)/t12-/m0/s1. The zero-order valence-electron chi connectivity index (χ0n) is 15.3. The van der Waals surface area contributed by atoms with Gasteiger partial charge in [-0.05, 0) is 49.7 Å². The van der Waals surface area contributed by atoms with E-state index in [0.29, 0.717) is 22.1 Å². The van der Waals surface area contributed by atoms with Gasteiger partial charge in [0.2, 0.25) is 5.91 Å². The molecule has 28 heavy (non-hydrogen) atoms. The maximum Gasteiger partial charge on any atom is 0.262 e. The molecule has 2 amide bonds. The first-order valence-corrected chi connectivity index (χ1v) is 10.5. The molecule has 0 unspecified atom stereocenters. The van der Waals surface area contributed by atoms with Crippen molar-refractivity contribution in [1.29, 1.82) is 0 Å². The molecule has 0 fully saturated rings. The molecule has 0 saturated heterocycles. The number of fused-ring (bicyclic) bond motifs is 1. The van der Waals surface area contributed by atoms with E-state index in [1.165, 1.54) is 25.1 Å². The topological polar surface area (TPSA) is 102 Å². The molecule has 0 saturated carbocycles. The summed E-state index contributed by atoms with van der Waals surface area (Å²) in [5, 5.41) is 4.62. The van der Waals surface area contributed by atoms with E-state index < -0.39 is 21.0 Å². The summed E-state index contributed by atoms with van der Waals surface area (Å²) >= 11 is 6.10. The lowest BCUT2D eigenvalue weighted by atomic mass is 10.2. The summed E-state index contributed by atoms with van der Waals surface area (Å²) in [4.78, 5) is 23.7. The lowest BCUT2D eigenvalue weighted by Gasteiger charge is -2.19. The number of nitrogens with one attached hydrogen (secondary N) is 2. The van der Waals surface area contributed by atoms with Crippen molar-refractivity contribution in [3.05, 3.63) is 47.0 Å². The molecule has 0 aliphatic carbocycles. The molecule has 3 rings (SSSR count). The number of hydrogen-bond acceptors (Lipinski definition) is 5. The smallest absolute Gasteiger partial charge is 0.262 e. The van der Waals surface area contributed by atoms with E-state index in [-0.39, 0.29) is 23.8 Å². The summed E-state index contributed by atoms with van der Waals surface area (Å²) in [6, 6.07) is 9.40. The first-order chi connectivity index (χ1) is 13.2. The van der Waals surface area contributed by atoms with Crippen LogP contribution in [0.4, 0.5) is 11.4 Å². The third-order valence-electron chi connectivity index (χ3n) is 4.31. The van der Waals surface area contributed by atoms with Crippen molar-refractivity contribution in [2.45, 2.75) is 30.4 Å². The van der Waals surface area contributed by atoms with Gasteiger partial charge >= 0.3 is 0 Å². The second-order valence-corrected chi connectivity index (χ2v) is 9.36. The SMILES string of the molecule is Cc1ccc(NC(=O)C[C@H](C)S(=O)(=O)c2ccc3c(c2)NC(=O)CO3)c(Cl)c1. The van der Waals surface area contributed by atoms with Gasteiger partial charge < -0.3 is 15.4 Å². The van der Waals surface area contributed by atoms with Gasteiger partial charge in [-0.25, -0.2) is 8.42 Å². The number of sulfone groups is 1. The zero-order chi connectivity index (χ0) is 20.5. The molecule has 9 heteroatoms. The van der Waals surface area contributed by atoms with Gasteiger partial charge in [-0.15, -0.1) is 0 Å². The van der Waals surface area contributed by atoms with Crippen LogP contribution in [0.2, 0.25) is 5.02 Å². The Hall–Kier alpha value is -2.58. The minimum absolute atomic E-state index is 0.00529. The Labute approximate surface area is 168 Å². The van der Waals surface area contributed by atoms with Crippen LogP contribution < -0.4 is 15.4 Å². The monoisotopic (exact) mass is 422 g/mol. The molecule has 0 aromatic heterocycles. The van der Waals surface area contributed by atoms with E-state index in [9.17, 15) is 18.0 Å². The normalized spacial score (nSPS) is 14.5. The van der Waals surface area contributed by atoms with Gasteiger partial charge in [-0.3, -0.25) is 9.59 Å². The molecular weight excluding hydrogens is 404 g/mol. The van der Waals surface area contributed by atoms with E-state index in [0.717, 1.165) is 5.56 Å². The predicted octanol–water partition coefficient (Wildman–Crippen LogP) is 3.17. The molecule has 2 aromatic rings. The summed E-state index contributed by atoms with van der Waals surface area (Å²) in [5.41, 5.74) is 1.67. The van der Waals surface area contributed by atoms with Crippen molar-refractivity contribution in [3.63, 3.8) is 0 Å². The van der Waals surface area contributed by atoms with E-state index >= 15 is 0 Å². The van der Waals surface area contributed by atoms with Crippen LogP contribution in [-0.2, 0) is 19.4 Å². The summed E-state index contributed by atoms with van der Waals surface area (Å²) in [5.74, 6) is -0.418. The van der Waals surface area contributed by atoms with Gasteiger partial charge in [0.15, 0.2) is 16.4 Å². The highest BCUT2D eigenvalue weighted by Crippen LogP contribution is 2.32. The van der Waals surface area contributed by atoms with Crippen molar-refractivity contribution in [3.8, 4) is 5.75 Å². The number of benzene rings is 2. The maximum absolute atomic E-state index is 12.8. The zero-order valence-corrected chi connectivity index (χ0v) is 16.9. The molecule has 1 aliphatic rings. The quantitative estimate of drug-likeness (QED) is 0.770. The molecule has 1 aliphatic heterocycles. The maximum atomic E-state index is 12.8. The largest absolute Gasteiger partial charge is 0.482 e. The lowest BCUT2D eigenvalue weighted by Crippen LogP contribution is -2.27. The molecule has 1 heterocycles. The van der Waals surface area contributed by atoms with Gasteiger partial charge in [0.25, 0.3) is 5.91 Å². The fraction of sp³-hybridized carbons (Fsp3) is 0.263. The second-order valence-electron chi connectivity index (χ2n) is 6.59. The highest BCUT2D eigenvalue weighted by molar-refractivity contribution is 7.92. The summed E-state index contributed by atoms with van der Waals surface area (Å²) < 4.78 is 30.9. The van der Waals surface area contributed by atoms with Gasteiger partial charge in [0, 0.05) is 6.42 Å². The number of halogens is 1. The average molecular weight is 423 g/mol. The molecule has 0 radical (unpaired) electrons. The number of carbonyl (C=O) groups is 2. The number of aryl methyl sites for hydroxylation is 1. The number of carbonyl (C=O) groups excluding carboxylic acids is 2. The number of rotatable bonds is 5. The van der Waals surface area contributed by atoms with Crippen LogP contribution in [0.25, 0.3) is 0 Å². The Morgan fingerprint density at radius 2 is 2.04 bits per heavy atom. The molecule has 2 N–H and O–H groups in total. The lowest BCUT2D eigenvalue weighted by molar-refractivity contribution is -0.118. The van der Waals surface area contributed by atoms with E-state index in [2.05, 4.69) is 10.6 Å². The van der Waals surface area contributed by atoms with Crippen molar-refractivity contribution < 1.29 is 22.7 Å². The molecule has 148 valence electrons. The van der Waals surface area contributed by atoms with Crippen molar-refractivity contribution in [2.24, 2.45) is 0 Å². The fourth-order valence-electron chi connectivity index (χ4n) is 2.77. The van der Waals surface area contributed by atoms with Gasteiger partial charge in [0.1, 0.15) is 5.75 Å². The van der Waals surface area contributed by atoms with Crippen LogP contribution in [0, 0.1) is 6.92 Å². The minimum atomic E-state index is -3.79. The number of ether oxygens (including phenoxy) is 1. The molecule has 0 spiro atoms. The molecule has 0 bridgehead atoms. The van der Waals surface area contributed by atoms with E-state index in [1.807, 2.05) is 6.92 Å². The van der Waals surface area contributed by atoms with Crippen LogP contribution >= 0.6 is 11.6 Å². The van der Waals surface area contributed by atoms with E-state index in [1.54, 1.807) is 18.2 Å². The molecular formula is C19H19ClN2O5S. The summed E-state index contributed by atoms with van der Waals surface area (Å²) in [7, 11) is -3.79. The Balaban J connectivity index is 1.74. The number of anilines is 2. The van der Waals surface area contributed by atoms with Crippen LogP contribution in [0.3, 0.4) is 0 Å². The minimum Gasteiger partial charge on any atom is -0.482 e. The van der Waals surface area contributed by atoms with Crippen molar-refractivity contribution in [1.82, 2.24) is 0 Å². The Morgan fingerprint density at radius 1 is 1.29 bits per heavy atom. The number of hydrogen-bond donors (Lipinski definition) is 2.